The third kappa shape index (κ3) is 10.8. The van der Waals surface area contributed by atoms with Gasteiger partial charge < -0.3 is 34.8 Å². The fourth-order valence-corrected chi connectivity index (χ4v) is 3.38. The summed E-state index contributed by atoms with van der Waals surface area (Å²) >= 11 is 0. The average Bonchev–Trinajstić information content (AvgIpc) is 2.65. The van der Waals surface area contributed by atoms with Gasteiger partial charge in [0.05, 0.1) is 31.5 Å². The summed E-state index contributed by atoms with van der Waals surface area (Å²) in [5.74, 6) is 0. The van der Waals surface area contributed by atoms with E-state index in [2.05, 4.69) is 23.9 Å². The van der Waals surface area contributed by atoms with Crippen molar-refractivity contribution in [3.63, 3.8) is 0 Å². The molecule has 3 saturated heterocycles. The number of aliphatic hydroxyl groups excluding tert-OH is 3. The monoisotopic (exact) mass is 375 g/mol. The predicted octanol–water partition coefficient (Wildman–Crippen LogP) is -0.155. The molecule has 0 spiro atoms. The smallest absolute Gasteiger partial charge is 0.0937 e. The SMILES string of the molecule is CN1CC(CO)OC(CO)C1.CN1CCC(O)CC1.CN1CCCCC1. The maximum absolute atomic E-state index is 9.00. The molecular formula is C19H41N3O4. The lowest BCUT2D eigenvalue weighted by molar-refractivity contribution is -0.112. The van der Waals surface area contributed by atoms with E-state index in [9.17, 15) is 0 Å². The molecule has 3 heterocycles. The van der Waals surface area contributed by atoms with Crippen molar-refractivity contribution >= 4 is 0 Å². The van der Waals surface area contributed by atoms with E-state index in [-0.39, 0.29) is 31.5 Å². The zero-order valence-electron chi connectivity index (χ0n) is 17.0. The molecule has 0 radical (unpaired) electrons. The van der Waals surface area contributed by atoms with Gasteiger partial charge in [0.25, 0.3) is 0 Å². The second-order valence-corrected chi connectivity index (χ2v) is 7.86. The maximum atomic E-state index is 9.00. The summed E-state index contributed by atoms with van der Waals surface area (Å²) in [7, 11) is 6.24. The Bertz CT molecular complexity index is 313. The molecule has 156 valence electrons. The van der Waals surface area contributed by atoms with Gasteiger partial charge in [-0.05, 0) is 59.9 Å². The van der Waals surface area contributed by atoms with Crippen LogP contribution in [0.15, 0.2) is 0 Å². The standard InChI is InChI=1S/C7H15NO3.C6H13NO.C6H13N/c1-8-2-6(4-9)11-7(3-8)5-10;1-7-4-2-6(8)3-5-7;1-7-5-3-2-4-6-7/h6-7,9-10H,2-5H2,1H3;6,8H,2-5H2,1H3;2-6H2,1H3. The molecule has 3 N–H and O–H groups in total. The third-order valence-electron chi connectivity index (χ3n) is 5.09. The third-order valence-corrected chi connectivity index (χ3v) is 5.09. The number of piperidine rings is 2. The van der Waals surface area contributed by atoms with Crippen molar-refractivity contribution in [3.05, 3.63) is 0 Å². The summed E-state index contributed by atoms with van der Waals surface area (Å²) in [4.78, 5) is 6.68. The Kier molecular flexibility index (Phi) is 12.6. The molecule has 3 rings (SSSR count). The van der Waals surface area contributed by atoms with Gasteiger partial charge in [-0.15, -0.1) is 0 Å². The van der Waals surface area contributed by atoms with Gasteiger partial charge in [0.1, 0.15) is 0 Å². The zero-order valence-corrected chi connectivity index (χ0v) is 17.0. The van der Waals surface area contributed by atoms with Crippen molar-refractivity contribution in [3.8, 4) is 0 Å². The number of hydrogen-bond acceptors (Lipinski definition) is 7. The molecule has 0 aromatic heterocycles. The lowest BCUT2D eigenvalue weighted by atomic mass is 10.1. The van der Waals surface area contributed by atoms with Crippen LogP contribution in [0.5, 0.6) is 0 Å². The Morgan fingerprint density at radius 3 is 1.54 bits per heavy atom. The Labute approximate surface area is 159 Å². The van der Waals surface area contributed by atoms with Crippen LogP contribution in [-0.2, 0) is 4.74 Å². The number of rotatable bonds is 2. The summed E-state index contributed by atoms with van der Waals surface area (Å²) in [6.07, 6.45) is 5.90. The lowest BCUT2D eigenvalue weighted by Crippen LogP contribution is -2.48. The molecule has 0 bridgehead atoms. The Morgan fingerprint density at radius 1 is 0.731 bits per heavy atom. The molecule has 0 amide bonds. The first-order valence-electron chi connectivity index (χ1n) is 10.1. The van der Waals surface area contributed by atoms with Crippen molar-refractivity contribution < 1.29 is 20.1 Å². The van der Waals surface area contributed by atoms with Crippen LogP contribution < -0.4 is 0 Å². The predicted molar refractivity (Wildman–Crippen MR) is 104 cm³/mol. The first kappa shape index (κ1) is 23.8. The molecule has 3 fully saturated rings. The van der Waals surface area contributed by atoms with Gasteiger partial charge in [-0.25, -0.2) is 0 Å². The van der Waals surface area contributed by atoms with Gasteiger partial charge >= 0.3 is 0 Å². The van der Waals surface area contributed by atoms with E-state index in [0.717, 1.165) is 39.0 Å². The zero-order chi connectivity index (χ0) is 19.4. The van der Waals surface area contributed by atoms with Crippen LogP contribution in [-0.4, -0.2) is 122 Å². The molecule has 0 saturated carbocycles. The Morgan fingerprint density at radius 2 is 1.19 bits per heavy atom. The van der Waals surface area contributed by atoms with E-state index < -0.39 is 0 Å². The van der Waals surface area contributed by atoms with Crippen LogP contribution in [0.25, 0.3) is 0 Å². The van der Waals surface area contributed by atoms with Crippen molar-refractivity contribution in [1.82, 2.24) is 14.7 Å². The quantitative estimate of drug-likeness (QED) is 0.619. The van der Waals surface area contributed by atoms with Crippen LogP contribution in [0.3, 0.4) is 0 Å². The largest absolute Gasteiger partial charge is 0.394 e. The van der Waals surface area contributed by atoms with E-state index in [1.165, 1.54) is 32.4 Å². The minimum absolute atomic E-state index is 0.0220. The number of likely N-dealkylation sites (tertiary alicyclic amines) is 2. The van der Waals surface area contributed by atoms with Gasteiger partial charge in [-0.2, -0.15) is 0 Å². The minimum Gasteiger partial charge on any atom is -0.394 e. The van der Waals surface area contributed by atoms with Gasteiger partial charge in [0, 0.05) is 26.2 Å². The number of ether oxygens (including phenoxy) is 1. The Hall–Kier alpha value is -0.280. The van der Waals surface area contributed by atoms with E-state index >= 15 is 0 Å². The molecular weight excluding hydrogens is 334 g/mol. The average molecular weight is 376 g/mol. The number of likely N-dealkylation sites (N-methyl/N-ethyl adjacent to an activating group) is 1. The molecule has 0 aromatic rings. The van der Waals surface area contributed by atoms with Crippen molar-refractivity contribution in [2.75, 3.05) is 73.6 Å². The first-order chi connectivity index (χ1) is 12.4. The van der Waals surface area contributed by atoms with Gasteiger partial charge in [0.15, 0.2) is 0 Å². The van der Waals surface area contributed by atoms with Crippen LogP contribution in [0.4, 0.5) is 0 Å². The summed E-state index contributed by atoms with van der Waals surface area (Å²) in [6.45, 7) is 6.30. The van der Waals surface area contributed by atoms with E-state index in [1.807, 2.05) is 11.9 Å². The van der Waals surface area contributed by atoms with E-state index in [1.54, 1.807) is 0 Å². The maximum Gasteiger partial charge on any atom is 0.0937 e. The van der Waals surface area contributed by atoms with Crippen LogP contribution in [0.1, 0.15) is 32.1 Å². The summed E-state index contributed by atoms with van der Waals surface area (Å²) in [6, 6.07) is 0. The molecule has 7 nitrogen and oxygen atoms in total. The molecule has 0 aromatic carbocycles. The van der Waals surface area contributed by atoms with Crippen molar-refractivity contribution in [2.45, 2.75) is 50.4 Å². The number of hydrogen-bond donors (Lipinski definition) is 3. The molecule has 0 aliphatic carbocycles. The van der Waals surface area contributed by atoms with Crippen LogP contribution in [0.2, 0.25) is 0 Å². The fraction of sp³-hybridized carbons (Fsp3) is 1.00. The second-order valence-electron chi connectivity index (χ2n) is 7.86. The normalized spacial score (nSPS) is 29.3. The molecule has 7 heteroatoms. The number of aliphatic hydroxyl groups is 3. The van der Waals surface area contributed by atoms with E-state index in [0.29, 0.717) is 0 Å². The van der Waals surface area contributed by atoms with E-state index in [4.69, 9.17) is 20.1 Å². The highest BCUT2D eigenvalue weighted by Gasteiger charge is 2.24. The number of nitrogens with zero attached hydrogens (tertiary/aromatic N) is 3. The topological polar surface area (TPSA) is 79.6 Å². The Balaban J connectivity index is 0.000000201. The summed E-state index contributed by atoms with van der Waals surface area (Å²) in [5, 5.41) is 26.6. The highest BCUT2D eigenvalue weighted by atomic mass is 16.5. The van der Waals surface area contributed by atoms with Crippen LogP contribution >= 0.6 is 0 Å². The summed E-state index contributed by atoms with van der Waals surface area (Å²) < 4.78 is 5.31. The molecule has 3 aliphatic rings. The molecule has 2 unspecified atom stereocenters. The second kappa shape index (κ2) is 13.8. The van der Waals surface area contributed by atoms with Gasteiger partial charge in [-0.3, -0.25) is 0 Å². The minimum atomic E-state index is -0.133. The fourth-order valence-electron chi connectivity index (χ4n) is 3.38. The van der Waals surface area contributed by atoms with Crippen LogP contribution in [0, 0.1) is 0 Å². The molecule has 3 aliphatic heterocycles. The lowest BCUT2D eigenvalue weighted by Gasteiger charge is -2.34. The summed E-state index contributed by atoms with van der Waals surface area (Å²) in [5.41, 5.74) is 0. The molecule has 2 atom stereocenters. The first-order valence-corrected chi connectivity index (χ1v) is 10.1. The van der Waals surface area contributed by atoms with Crippen molar-refractivity contribution in [1.29, 1.82) is 0 Å². The van der Waals surface area contributed by atoms with Gasteiger partial charge in [0.2, 0.25) is 0 Å². The van der Waals surface area contributed by atoms with Gasteiger partial charge in [-0.1, -0.05) is 6.42 Å². The number of morpholine rings is 1. The highest BCUT2D eigenvalue weighted by Crippen LogP contribution is 2.08. The molecule has 26 heavy (non-hydrogen) atoms. The van der Waals surface area contributed by atoms with Crippen molar-refractivity contribution in [2.24, 2.45) is 0 Å². The highest BCUT2D eigenvalue weighted by molar-refractivity contribution is 4.74.